The Balaban J connectivity index is 2.13. The maximum Gasteiger partial charge on any atom is 0.217 e. The zero-order valence-corrected chi connectivity index (χ0v) is 9.67. The van der Waals surface area contributed by atoms with Gasteiger partial charge in [0.05, 0.1) is 6.04 Å². The van der Waals surface area contributed by atoms with E-state index in [1.54, 1.807) is 11.3 Å². The van der Waals surface area contributed by atoms with Crippen LogP contribution in [0, 0.1) is 5.95 Å². The van der Waals surface area contributed by atoms with E-state index in [-0.39, 0.29) is 6.04 Å². The minimum absolute atomic E-state index is 0.175. The molecule has 0 amide bonds. The van der Waals surface area contributed by atoms with Crippen LogP contribution in [0.2, 0.25) is 0 Å². The second-order valence-electron chi connectivity index (χ2n) is 3.35. The molecule has 0 fully saturated rings. The summed E-state index contributed by atoms with van der Waals surface area (Å²) in [5.74, 6) is 0.00582. The standard InChI is InChI=1S/C11H12FN3S/c1-2-8(9-4-3-5-16-9)15-11-6-10(12)13-7-14-11/h3-8H,2H2,1H3,(H,13,14,15). The van der Waals surface area contributed by atoms with E-state index in [1.165, 1.54) is 17.3 Å². The summed E-state index contributed by atoms with van der Waals surface area (Å²) >= 11 is 1.68. The fraction of sp³-hybridized carbons (Fsp3) is 0.273. The maximum atomic E-state index is 12.9. The Bertz CT molecular complexity index is 444. The zero-order valence-electron chi connectivity index (χ0n) is 8.85. The Kier molecular flexibility index (Phi) is 3.46. The predicted octanol–water partition coefficient (Wildman–Crippen LogP) is 3.24. The van der Waals surface area contributed by atoms with E-state index < -0.39 is 5.95 Å². The first kappa shape index (κ1) is 11.0. The van der Waals surface area contributed by atoms with Crippen LogP contribution in [-0.4, -0.2) is 9.97 Å². The highest BCUT2D eigenvalue weighted by Crippen LogP contribution is 2.25. The molecule has 0 saturated heterocycles. The number of thiophene rings is 1. The summed E-state index contributed by atoms with van der Waals surface area (Å²) in [5.41, 5.74) is 0. The molecule has 84 valence electrons. The van der Waals surface area contributed by atoms with E-state index in [2.05, 4.69) is 28.3 Å². The smallest absolute Gasteiger partial charge is 0.217 e. The molecule has 16 heavy (non-hydrogen) atoms. The van der Waals surface area contributed by atoms with Gasteiger partial charge in [-0.25, -0.2) is 9.97 Å². The number of aromatic nitrogens is 2. The third kappa shape index (κ3) is 2.55. The van der Waals surface area contributed by atoms with E-state index in [4.69, 9.17) is 0 Å². The fourth-order valence-corrected chi connectivity index (χ4v) is 2.32. The summed E-state index contributed by atoms with van der Waals surface area (Å²) in [6.07, 6.45) is 2.14. The summed E-state index contributed by atoms with van der Waals surface area (Å²) in [6, 6.07) is 5.54. The zero-order chi connectivity index (χ0) is 11.4. The van der Waals surface area contributed by atoms with E-state index in [9.17, 15) is 4.39 Å². The summed E-state index contributed by atoms with van der Waals surface area (Å²) in [4.78, 5) is 8.62. The molecule has 0 spiro atoms. The van der Waals surface area contributed by atoms with Gasteiger partial charge in [0.25, 0.3) is 0 Å². The minimum atomic E-state index is -0.515. The first-order chi connectivity index (χ1) is 7.79. The lowest BCUT2D eigenvalue weighted by molar-refractivity contribution is 0.579. The Morgan fingerprint density at radius 3 is 3.00 bits per heavy atom. The van der Waals surface area contributed by atoms with Crippen molar-refractivity contribution in [2.24, 2.45) is 0 Å². The van der Waals surface area contributed by atoms with E-state index in [1.807, 2.05) is 11.4 Å². The van der Waals surface area contributed by atoms with Crippen LogP contribution in [0.5, 0.6) is 0 Å². The first-order valence-corrected chi connectivity index (χ1v) is 5.95. The van der Waals surface area contributed by atoms with Crippen LogP contribution in [0.15, 0.2) is 29.9 Å². The highest BCUT2D eigenvalue weighted by molar-refractivity contribution is 7.10. The number of hydrogen-bond acceptors (Lipinski definition) is 4. The van der Waals surface area contributed by atoms with Crippen molar-refractivity contribution < 1.29 is 4.39 Å². The van der Waals surface area contributed by atoms with Crippen LogP contribution in [0.1, 0.15) is 24.3 Å². The van der Waals surface area contributed by atoms with Gasteiger partial charge < -0.3 is 5.32 Å². The third-order valence-corrected chi connectivity index (χ3v) is 3.24. The minimum Gasteiger partial charge on any atom is -0.362 e. The van der Waals surface area contributed by atoms with Gasteiger partial charge in [0, 0.05) is 10.9 Å². The maximum absolute atomic E-state index is 12.9. The number of hydrogen-bond donors (Lipinski definition) is 1. The molecule has 0 aliphatic carbocycles. The lowest BCUT2D eigenvalue weighted by Crippen LogP contribution is -2.09. The Morgan fingerprint density at radius 1 is 1.50 bits per heavy atom. The van der Waals surface area contributed by atoms with Gasteiger partial charge in [-0.15, -0.1) is 11.3 Å². The van der Waals surface area contributed by atoms with Gasteiger partial charge in [-0.1, -0.05) is 13.0 Å². The van der Waals surface area contributed by atoms with Crippen LogP contribution in [0.4, 0.5) is 10.2 Å². The van der Waals surface area contributed by atoms with Crippen LogP contribution in [-0.2, 0) is 0 Å². The van der Waals surface area contributed by atoms with Crippen molar-refractivity contribution in [2.75, 3.05) is 5.32 Å². The van der Waals surface area contributed by atoms with Crippen LogP contribution < -0.4 is 5.32 Å². The van der Waals surface area contributed by atoms with Gasteiger partial charge >= 0.3 is 0 Å². The lowest BCUT2D eigenvalue weighted by atomic mass is 10.2. The topological polar surface area (TPSA) is 37.8 Å². The third-order valence-electron chi connectivity index (χ3n) is 2.25. The fourth-order valence-electron chi connectivity index (χ4n) is 1.45. The molecule has 0 saturated carbocycles. The highest BCUT2D eigenvalue weighted by Gasteiger charge is 2.10. The Morgan fingerprint density at radius 2 is 2.38 bits per heavy atom. The molecule has 0 radical (unpaired) electrons. The quantitative estimate of drug-likeness (QED) is 0.829. The van der Waals surface area contributed by atoms with Crippen molar-refractivity contribution in [1.29, 1.82) is 0 Å². The lowest BCUT2D eigenvalue weighted by Gasteiger charge is -2.15. The molecule has 2 heterocycles. The van der Waals surface area contributed by atoms with Gasteiger partial charge in [-0.05, 0) is 17.9 Å². The van der Waals surface area contributed by atoms with Crippen molar-refractivity contribution in [1.82, 2.24) is 9.97 Å². The number of anilines is 1. The van der Waals surface area contributed by atoms with Crippen LogP contribution >= 0.6 is 11.3 Å². The Labute approximate surface area is 97.4 Å². The van der Waals surface area contributed by atoms with E-state index in [0.29, 0.717) is 5.82 Å². The van der Waals surface area contributed by atoms with Crippen molar-refractivity contribution >= 4 is 17.2 Å². The van der Waals surface area contributed by atoms with Crippen LogP contribution in [0.3, 0.4) is 0 Å². The average molecular weight is 237 g/mol. The molecule has 2 aromatic heterocycles. The molecule has 0 aromatic carbocycles. The molecular formula is C11H12FN3S. The van der Waals surface area contributed by atoms with Crippen molar-refractivity contribution in [3.8, 4) is 0 Å². The van der Waals surface area contributed by atoms with Gasteiger partial charge in [-0.2, -0.15) is 4.39 Å². The van der Waals surface area contributed by atoms with Gasteiger partial charge in [0.2, 0.25) is 5.95 Å². The number of halogens is 1. The summed E-state index contributed by atoms with van der Waals surface area (Å²) in [5, 5.41) is 5.22. The molecule has 1 unspecified atom stereocenters. The van der Waals surface area contributed by atoms with Crippen molar-refractivity contribution in [2.45, 2.75) is 19.4 Å². The molecule has 5 heteroatoms. The van der Waals surface area contributed by atoms with Crippen LogP contribution in [0.25, 0.3) is 0 Å². The number of nitrogens with zero attached hydrogens (tertiary/aromatic N) is 2. The number of nitrogens with one attached hydrogen (secondary N) is 1. The molecule has 2 aromatic rings. The van der Waals surface area contributed by atoms with E-state index >= 15 is 0 Å². The second kappa shape index (κ2) is 5.03. The molecule has 1 atom stereocenters. The first-order valence-electron chi connectivity index (χ1n) is 5.07. The molecule has 1 N–H and O–H groups in total. The molecular weight excluding hydrogens is 225 g/mol. The summed E-state index contributed by atoms with van der Waals surface area (Å²) in [7, 11) is 0. The SMILES string of the molecule is CCC(Nc1cc(F)ncn1)c1cccs1. The van der Waals surface area contributed by atoms with E-state index in [0.717, 1.165) is 6.42 Å². The largest absolute Gasteiger partial charge is 0.362 e. The summed E-state index contributed by atoms with van der Waals surface area (Å²) < 4.78 is 12.9. The van der Waals surface area contributed by atoms with Gasteiger partial charge in [0.15, 0.2) is 0 Å². The van der Waals surface area contributed by atoms with Gasteiger partial charge in [-0.3, -0.25) is 0 Å². The Hall–Kier alpha value is -1.49. The number of rotatable bonds is 4. The van der Waals surface area contributed by atoms with Crippen molar-refractivity contribution in [3.05, 3.63) is 40.7 Å². The highest BCUT2D eigenvalue weighted by atomic mass is 32.1. The molecule has 0 aliphatic heterocycles. The normalized spacial score (nSPS) is 12.4. The molecule has 0 aliphatic rings. The van der Waals surface area contributed by atoms with Crippen molar-refractivity contribution in [3.63, 3.8) is 0 Å². The molecule has 3 nitrogen and oxygen atoms in total. The monoisotopic (exact) mass is 237 g/mol. The molecule has 2 rings (SSSR count). The average Bonchev–Trinajstić information content (AvgIpc) is 2.79. The molecule has 0 bridgehead atoms. The van der Waals surface area contributed by atoms with Gasteiger partial charge in [0.1, 0.15) is 12.1 Å². The predicted molar refractivity (Wildman–Crippen MR) is 63.0 cm³/mol. The second-order valence-corrected chi connectivity index (χ2v) is 4.33. The summed E-state index contributed by atoms with van der Waals surface area (Å²) in [6.45, 7) is 2.08.